The number of nitrogens with zero attached hydrogens (tertiary/aromatic N) is 7. The summed E-state index contributed by atoms with van der Waals surface area (Å²) in [5.74, 6) is -1.08. The first kappa shape index (κ1) is 23.8. The van der Waals surface area contributed by atoms with E-state index in [4.69, 9.17) is 4.74 Å². The minimum absolute atomic E-state index is 0.0631. The fourth-order valence-electron chi connectivity index (χ4n) is 4.38. The van der Waals surface area contributed by atoms with Crippen LogP contribution in [0.1, 0.15) is 25.3 Å². The molecule has 0 bridgehead atoms. The van der Waals surface area contributed by atoms with Gasteiger partial charge in [-0.25, -0.2) is 18.7 Å². The van der Waals surface area contributed by atoms with Crippen LogP contribution in [0.2, 0.25) is 0 Å². The lowest BCUT2D eigenvalue weighted by atomic mass is 9.97. The van der Waals surface area contributed by atoms with Gasteiger partial charge in [-0.3, -0.25) is 0 Å². The zero-order valence-electron chi connectivity index (χ0n) is 20.2. The number of rotatable bonds is 7. The molecule has 186 valence electrons. The third kappa shape index (κ3) is 4.89. The molecule has 0 N–H and O–H groups in total. The molecule has 0 radical (unpaired) electrons. The van der Waals surface area contributed by atoms with Gasteiger partial charge in [0, 0.05) is 25.5 Å². The maximum absolute atomic E-state index is 15.8. The Morgan fingerprint density at radius 3 is 2.42 bits per heavy atom. The van der Waals surface area contributed by atoms with Crippen LogP contribution in [0.4, 0.5) is 14.7 Å². The second kappa shape index (κ2) is 10.3. The molecule has 36 heavy (non-hydrogen) atoms. The molecule has 8 nitrogen and oxygen atoms in total. The average Bonchev–Trinajstić information content (AvgIpc) is 3.34. The number of aromatic nitrogens is 6. The van der Waals surface area contributed by atoms with Crippen molar-refractivity contribution < 1.29 is 13.5 Å². The monoisotopic (exact) mass is 491 g/mol. The molecule has 0 aliphatic carbocycles. The Labute approximate surface area is 208 Å². The maximum atomic E-state index is 15.8. The molecule has 0 spiro atoms. The lowest BCUT2D eigenvalue weighted by Crippen LogP contribution is -2.36. The third-order valence-electron chi connectivity index (χ3n) is 6.45. The number of anilines is 1. The number of hydrogen-bond donors (Lipinski definition) is 0. The summed E-state index contributed by atoms with van der Waals surface area (Å²) in [4.78, 5) is 12.3. The van der Waals surface area contributed by atoms with Crippen molar-refractivity contribution in [2.45, 2.75) is 26.2 Å². The van der Waals surface area contributed by atoms with Crippen molar-refractivity contribution in [1.82, 2.24) is 30.2 Å². The second-order valence-electron chi connectivity index (χ2n) is 8.88. The van der Waals surface area contributed by atoms with Crippen molar-refractivity contribution >= 4 is 5.95 Å². The van der Waals surface area contributed by atoms with Crippen molar-refractivity contribution in [2.24, 2.45) is 13.0 Å². The molecule has 0 saturated carbocycles. The molecule has 4 aromatic rings. The highest BCUT2D eigenvalue weighted by Gasteiger charge is 2.27. The van der Waals surface area contributed by atoms with Gasteiger partial charge < -0.3 is 9.64 Å². The van der Waals surface area contributed by atoms with E-state index in [1.54, 1.807) is 31.3 Å². The van der Waals surface area contributed by atoms with Crippen LogP contribution in [0.25, 0.3) is 22.5 Å². The van der Waals surface area contributed by atoms with Gasteiger partial charge in [-0.2, -0.15) is 4.80 Å². The van der Waals surface area contributed by atoms with E-state index >= 15 is 8.78 Å². The van der Waals surface area contributed by atoms with Crippen LogP contribution in [0.5, 0.6) is 5.75 Å². The van der Waals surface area contributed by atoms with Gasteiger partial charge in [0.05, 0.1) is 19.2 Å². The average molecular weight is 492 g/mol. The second-order valence-corrected chi connectivity index (χ2v) is 8.88. The molecule has 10 heteroatoms. The van der Waals surface area contributed by atoms with E-state index < -0.39 is 17.4 Å². The normalized spacial score (nSPS) is 14.3. The molecule has 0 unspecified atom stereocenters. The van der Waals surface area contributed by atoms with Gasteiger partial charge in [0.15, 0.2) is 17.4 Å². The number of halogens is 2. The van der Waals surface area contributed by atoms with Crippen LogP contribution in [-0.4, -0.2) is 49.9 Å². The minimum Gasteiger partial charge on any atom is -0.487 e. The Hall–Kier alpha value is -3.95. The van der Waals surface area contributed by atoms with Gasteiger partial charge in [-0.15, -0.1) is 10.2 Å². The molecule has 3 heterocycles. The predicted molar refractivity (Wildman–Crippen MR) is 131 cm³/mol. The first-order valence-electron chi connectivity index (χ1n) is 12.0. The molecule has 2 aromatic carbocycles. The summed E-state index contributed by atoms with van der Waals surface area (Å²) in [6.45, 7) is 3.78. The van der Waals surface area contributed by atoms with Crippen molar-refractivity contribution in [1.29, 1.82) is 0 Å². The number of ether oxygens (including phenoxy) is 1. The zero-order valence-corrected chi connectivity index (χ0v) is 20.2. The Morgan fingerprint density at radius 2 is 1.78 bits per heavy atom. The number of piperidine rings is 1. The van der Waals surface area contributed by atoms with Gasteiger partial charge >= 0.3 is 0 Å². The molecule has 1 saturated heterocycles. The minimum atomic E-state index is -0.830. The van der Waals surface area contributed by atoms with E-state index in [9.17, 15) is 0 Å². The highest BCUT2D eigenvalue weighted by atomic mass is 19.1. The Bertz CT molecular complexity index is 1320. The van der Waals surface area contributed by atoms with Crippen molar-refractivity contribution in [3.8, 4) is 28.3 Å². The summed E-state index contributed by atoms with van der Waals surface area (Å²) in [6.07, 6.45) is 6.22. The predicted octanol–water partition coefficient (Wildman–Crippen LogP) is 4.47. The zero-order chi connectivity index (χ0) is 25.1. The number of tetrazole rings is 1. The fourth-order valence-corrected chi connectivity index (χ4v) is 4.38. The van der Waals surface area contributed by atoms with Crippen molar-refractivity contribution in [3.05, 3.63) is 66.0 Å². The molecule has 0 atom stereocenters. The summed E-state index contributed by atoms with van der Waals surface area (Å²) in [5, 5.41) is 11.9. The summed E-state index contributed by atoms with van der Waals surface area (Å²) in [6, 6.07) is 10.3. The van der Waals surface area contributed by atoms with Crippen molar-refractivity contribution in [2.75, 3.05) is 24.6 Å². The van der Waals surface area contributed by atoms with Crippen molar-refractivity contribution in [3.63, 3.8) is 0 Å². The lowest BCUT2D eigenvalue weighted by Gasteiger charge is -2.32. The lowest BCUT2D eigenvalue weighted by molar-refractivity contribution is 0.207. The quantitative estimate of drug-likeness (QED) is 0.377. The molecule has 5 rings (SSSR count). The van der Waals surface area contributed by atoms with E-state index in [1.165, 1.54) is 10.9 Å². The maximum Gasteiger partial charge on any atom is 0.225 e. The molecular formula is C26H27F2N7O. The first-order valence-corrected chi connectivity index (χ1v) is 12.0. The number of benzene rings is 2. The van der Waals surface area contributed by atoms with Gasteiger partial charge in [0.1, 0.15) is 0 Å². The Morgan fingerprint density at radius 1 is 1.06 bits per heavy atom. The van der Waals surface area contributed by atoms with Gasteiger partial charge in [-0.1, -0.05) is 37.3 Å². The van der Waals surface area contributed by atoms with Crippen LogP contribution < -0.4 is 9.64 Å². The molecule has 1 fully saturated rings. The van der Waals surface area contributed by atoms with Crippen LogP contribution in [0.3, 0.4) is 0 Å². The highest BCUT2D eigenvalue weighted by molar-refractivity contribution is 5.82. The summed E-state index contributed by atoms with van der Waals surface area (Å²) in [5.41, 5.74) is 2.15. The Balaban J connectivity index is 1.33. The molecule has 2 aromatic heterocycles. The van der Waals surface area contributed by atoms with E-state index in [0.29, 0.717) is 17.1 Å². The van der Waals surface area contributed by atoms with E-state index in [1.807, 2.05) is 18.5 Å². The molecule has 0 amide bonds. The van der Waals surface area contributed by atoms with E-state index in [0.717, 1.165) is 37.9 Å². The largest absolute Gasteiger partial charge is 0.487 e. The fraction of sp³-hybridized carbons (Fsp3) is 0.346. The van der Waals surface area contributed by atoms with Gasteiger partial charge in [0.25, 0.3) is 0 Å². The summed E-state index contributed by atoms with van der Waals surface area (Å²) >= 11 is 0. The van der Waals surface area contributed by atoms with E-state index in [2.05, 4.69) is 37.2 Å². The highest BCUT2D eigenvalue weighted by Crippen LogP contribution is 2.39. The smallest absolute Gasteiger partial charge is 0.225 e. The van der Waals surface area contributed by atoms with Gasteiger partial charge in [0.2, 0.25) is 11.8 Å². The van der Waals surface area contributed by atoms with Crippen LogP contribution >= 0.6 is 0 Å². The van der Waals surface area contributed by atoms with Gasteiger partial charge in [-0.05, 0) is 53.2 Å². The molecular weight excluding hydrogens is 464 g/mol. The SMILES string of the molecule is CCc1cnc(N2CCC(COc3c(F)cc(-c4ccccc4)c(-c4nnn(C)n4)c3F)CC2)nc1. The summed E-state index contributed by atoms with van der Waals surface area (Å²) < 4.78 is 36.7. The Kier molecular flexibility index (Phi) is 6.84. The van der Waals surface area contributed by atoms with E-state index in [-0.39, 0.29) is 23.9 Å². The molecule has 1 aliphatic rings. The summed E-state index contributed by atoms with van der Waals surface area (Å²) in [7, 11) is 1.59. The van der Waals surface area contributed by atoms with Crippen LogP contribution in [0.15, 0.2) is 48.8 Å². The van der Waals surface area contributed by atoms with Crippen LogP contribution in [-0.2, 0) is 13.5 Å². The topological polar surface area (TPSA) is 81.9 Å². The molecule has 1 aliphatic heterocycles. The van der Waals surface area contributed by atoms with Crippen LogP contribution in [0, 0.1) is 17.6 Å². The first-order chi connectivity index (χ1) is 17.5. The number of aryl methyl sites for hydroxylation is 2. The standard InChI is InChI=1S/C26H27F2N7O/c1-3-17-14-29-26(30-15-17)35-11-9-18(10-12-35)16-36-24-21(27)13-20(19-7-5-4-6-8-19)22(23(24)28)25-31-33-34(2)32-25/h4-8,13-15,18H,3,9-12,16H2,1-2H3. The third-order valence-corrected chi connectivity index (χ3v) is 6.45. The number of hydrogen-bond acceptors (Lipinski definition) is 7.